The second-order valence-electron chi connectivity index (χ2n) is 6.79. The highest BCUT2D eigenvalue weighted by Crippen LogP contribution is 2.24. The lowest BCUT2D eigenvalue weighted by Gasteiger charge is -2.14. The number of aliphatic hydroxyl groups excluding tert-OH is 1. The molecule has 0 aliphatic heterocycles. The van der Waals surface area contributed by atoms with Crippen LogP contribution in [0.2, 0.25) is 0 Å². The fourth-order valence-corrected chi connectivity index (χ4v) is 2.65. The Kier molecular flexibility index (Phi) is 5.74. The molecular formula is C19H21FN6O2. The third-order valence-electron chi connectivity index (χ3n) is 4.11. The van der Waals surface area contributed by atoms with Crippen molar-refractivity contribution >= 4 is 5.91 Å². The quantitative estimate of drug-likeness (QED) is 0.674. The summed E-state index contributed by atoms with van der Waals surface area (Å²) >= 11 is 0. The van der Waals surface area contributed by atoms with Gasteiger partial charge in [0.1, 0.15) is 5.82 Å². The van der Waals surface area contributed by atoms with Gasteiger partial charge in [0, 0.05) is 23.1 Å². The number of hydrogen-bond donors (Lipinski definition) is 2. The molecule has 0 aliphatic rings. The zero-order chi connectivity index (χ0) is 20.3. The van der Waals surface area contributed by atoms with E-state index >= 15 is 0 Å². The predicted molar refractivity (Wildman–Crippen MR) is 100 cm³/mol. The maximum atomic E-state index is 13.3. The Hall–Kier alpha value is -3.20. The molecule has 0 spiro atoms. The summed E-state index contributed by atoms with van der Waals surface area (Å²) < 4.78 is 14.8. The number of carbonyl (C=O) groups is 1. The number of pyridine rings is 1. The molecule has 28 heavy (non-hydrogen) atoms. The van der Waals surface area contributed by atoms with E-state index in [1.54, 1.807) is 29.8 Å². The second kappa shape index (κ2) is 8.22. The number of benzene rings is 1. The van der Waals surface area contributed by atoms with E-state index in [1.807, 2.05) is 13.8 Å². The molecule has 2 aromatic heterocycles. The van der Waals surface area contributed by atoms with Gasteiger partial charge in [-0.15, -0.1) is 5.10 Å². The van der Waals surface area contributed by atoms with Crippen molar-refractivity contribution < 1.29 is 14.3 Å². The van der Waals surface area contributed by atoms with Gasteiger partial charge in [0.25, 0.3) is 5.91 Å². The van der Waals surface area contributed by atoms with E-state index in [4.69, 9.17) is 0 Å². The van der Waals surface area contributed by atoms with Crippen LogP contribution in [0.15, 0.2) is 36.5 Å². The van der Waals surface area contributed by atoms with Crippen LogP contribution in [0, 0.1) is 5.82 Å². The van der Waals surface area contributed by atoms with Crippen molar-refractivity contribution in [3.63, 3.8) is 0 Å². The number of carbonyl (C=O) groups excluding carboxylic acids is 1. The van der Waals surface area contributed by atoms with Crippen LogP contribution in [0.25, 0.3) is 16.9 Å². The molecule has 3 aromatic rings. The molecule has 3 rings (SSSR count). The summed E-state index contributed by atoms with van der Waals surface area (Å²) in [5.74, 6) is -0.100. The Morgan fingerprint density at radius 2 is 2.04 bits per heavy atom. The molecule has 0 bridgehead atoms. The molecule has 0 saturated carbocycles. The average Bonchev–Trinajstić information content (AvgIpc) is 3.18. The average molecular weight is 384 g/mol. The minimum atomic E-state index is -0.447. The summed E-state index contributed by atoms with van der Waals surface area (Å²) in [6.45, 7) is 5.44. The fourth-order valence-electron chi connectivity index (χ4n) is 2.65. The van der Waals surface area contributed by atoms with E-state index in [1.165, 1.54) is 12.1 Å². The van der Waals surface area contributed by atoms with Crippen LogP contribution in [0.3, 0.4) is 0 Å². The molecule has 1 atom stereocenters. The van der Waals surface area contributed by atoms with Crippen molar-refractivity contribution in [2.45, 2.75) is 32.7 Å². The minimum Gasteiger partial charge on any atom is -0.394 e. The van der Waals surface area contributed by atoms with Crippen molar-refractivity contribution in [1.82, 2.24) is 30.5 Å². The fraction of sp³-hybridized carbons (Fsp3) is 0.316. The maximum Gasteiger partial charge on any atom is 0.251 e. The summed E-state index contributed by atoms with van der Waals surface area (Å²) in [4.78, 5) is 16.7. The molecule has 9 heteroatoms. The molecule has 0 fully saturated rings. The van der Waals surface area contributed by atoms with Crippen molar-refractivity contribution in [2.75, 3.05) is 6.61 Å². The van der Waals surface area contributed by atoms with Crippen molar-refractivity contribution in [2.24, 2.45) is 0 Å². The van der Waals surface area contributed by atoms with Crippen LogP contribution < -0.4 is 5.32 Å². The van der Waals surface area contributed by atoms with Crippen LogP contribution in [-0.4, -0.2) is 48.9 Å². The van der Waals surface area contributed by atoms with Crippen LogP contribution >= 0.6 is 0 Å². The van der Waals surface area contributed by atoms with Gasteiger partial charge in [-0.3, -0.25) is 9.78 Å². The first-order valence-electron chi connectivity index (χ1n) is 8.86. The first kappa shape index (κ1) is 19.6. The number of amides is 1. The molecule has 2 heterocycles. The van der Waals surface area contributed by atoms with E-state index in [0.717, 1.165) is 6.20 Å². The Balaban J connectivity index is 2.12. The van der Waals surface area contributed by atoms with Gasteiger partial charge in [-0.1, -0.05) is 13.8 Å². The lowest BCUT2D eigenvalue weighted by molar-refractivity contribution is 0.0922. The first-order chi connectivity index (χ1) is 13.4. The number of tetrazole rings is 1. The Labute approximate surface area is 161 Å². The molecule has 1 amide bonds. The summed E-state index contributed by atoms with van der Waals surface area (Å²) in [6.07, 6.45) is 1.12. The van der Waals surface area contributed by atoms with Gasteiger partial charge in [-0.2, -0.15) is 4.68 Å². The Morgan fingerprint density at radius 3 is 2.68 bits per heavy atom. The number of nitrogens with zero attached hydrogens (tertiary/aromatic N) is 5. The lowest BCUT2D eigenvalue weighted by atomic mass is 10.0. The van der Waals surface area contributed by atoms with Gasteiger partial charge in [-0.05, 0) is 47.7 Å². The van der Waals surface area contributed by atoms with Crippen molar-refractivity contribution in [3.8, 4) is 16.9 Å². The Morgan fingerprint density at radius 1 is 1.25 bits per heavy atom. The topological polar surface area (TPSA) is 106 Å². The van der Waals surface area contributed by atoms with Gasteiger partial charge in [-0.25, -0.2) is 4.39 Å². The van der Waals surface area contributed by atoms with Crippen molar-refractivity contribution in [3.05, 3.63) is 53.7 Å². The van der Waals surface area contributed by atoms with E-state index in [-0.39, 0.29) is 18.4 Å². The van der Waals surface area contributed by atoms with Gasteiger partial charge >= 0.3 is 0 Å². The smallest absolute Gasteiger partial charge is 0.251 e. The monoisotopic (exact) mass is 384 g/mol. The highest BCUT2D eigenvalue weighted by atomic mass is 19.1. The highest BCUT2D eigenvalue weighted by Gasteiger charge is 2.17. The van der Waals surface area contributed by atoms with Gasteiger partial charge in [0.05, 0.1) is 24.2 Å². The summed E-state index contributed by atoms with van der Waals surface area (Å²) in [6, 6.07) is 7.54. The zero-order valence-electron chi connectivity index (χ0n) is 15.8. The summed E-state index contributed by atoms with van der Waals surface area (Å²) in [5.41, 5.74) is 2.06. The summed E-state index contributed by atoms with van der Waals surface area (Å²) in [5, 5.41) is 23.7. The van der Waals surface area contributed by atoms with Crippen LogP contribution in [0.4, 0.5) is 4.39 Å². The molecule has 146 valence electrons. The number of rotatable bonds is 6. The maximum absolute atomic E-state index is 13.3. The molecule has 2 N–H and O–H groups in total. The van der Waals surface area contributed by atoms with E-state index in [9.17, 15) is 14.3 Å². The molecule has 1 aromatic carbocycles. The van der Waals surface area contributed by atoms with E-state index in [0.29, 0.717) is 28.3 Å². The SMILES string of the molecule is CC(CO)NC(=O)c1cc(-c2ccc(F)cn2)cc(-n2nnnc2C(C)C)c1. The molecule has 1 unspecified atom stereocenters. The number of nitrogens with one attached hydrogen (secondary N) is 1. The third-order valence-corrected chi connectivity index (χ3v) is 4.11. The lowest BCUT2D eigenvalue weighted by Crippen LogP contribution is -2.35. The first-order valence-corrected chi connectivity index (χ1v) is 8.86. The standard InChI is InChI=1S/C19H21FN6O2/c1-11(2)18-23-24-25-26(18)16-7-13(17-5-4-15(20)9-21-17)6-14(8-16)19(28)22-12(3)10-27/h4-9,11-12,27H,10H2,1-3H3,(H,22,28). The minimum absolute atomic E-state index is 0.0642. The number of halogens is 1. The zero-order valence-corrected chi connectivity index (χ0v) is 15.8. The van der Waals surface area contributed by atoms with Crippen LogP contribution in [-0.2, 0) is 0 Å². The predicted octanol–water partition coefficient (Wildman–Crippen LogP) is 2.10. The number of hydrogen-bond acceptors (Lipinski definition) is 6. The molecule has 8 nitrogen and oxygen atoms in total. The molecule has 0 aliphatic carbocycles. The van der Waals surface area contributed by atoms with Gasteiger partial charge in [0.15, 0.2) is 5.82 Å². The van der Waals surface area contributed by atoms with E-state index in [2.05, 4.69) is 25.8 Å². The third kappa shape index (κ3) is 4.20. The van der Waals surface area contributed by atoms with Gasteiger partial charge in [0.2, 0.25) is 0 Å². The largest absolute Gasteiger partial charge is 0.394 e. The van der Waals surface area contributed by atoms with Crippen LogP contribution in [0.1, 0.15) is 42.9 Å². The molecule has 0 radical (unpaired) electrons. The number of aromatic nitrogens is 5. The van der Waals surface area contributed by atoms with Crippen molar-refractivity contribution in [1.29, 1.82) is 0 Å². The molecular weight excluding hydrogens is 363 g/mol. The normalized spacial score (nSPS) is 12.2. The van der Waals surface area contributed by atoms with Crippen LogP contribution in [0.5, 0.6) is 0 Å². The highest BCUT2D eigenvalue weighted by molar-refractivity contribution is 5.96. The Bertz CT molecular complexity index is 971. The van der Waals surface area contributed by atoms with E-state index < -0.39 is 11.9 Å². The van der Waals surface area contributed by atoms with Gasteiger partial charge < -0.3 is 10.4 Å². The number of aliphatic hydroxyl groups is 1. The second-order valence-corrected chi connectivity index (χ2v) is 6.79. The summed E-state index contributed by atoms with van der Waals surface area (Å²) in [7, 11) is 0. The molecule has 0 saturated heterocycles.